The van der Waals surface area contributed by atoms with E-state index in [1.54, 1.807) is 0 Å². The third-order valence-electron chi connectivity index (χ3n) is 6.61. The standard InChI is InChI=1S/C21H21F8N5O3/c1-17(8-18(22,23)9-17)34-6-4-2-3-5-19(36,21(27,28)29)16-33-32-14(37-16)13-11(30)7-10(20(24,25)26)12(31-13)15(34)35/h7,36H,2-6,8-9,30H2,1H3/t19-/m1/s1. The highest BCUT2D eigenvalue weighted by molar-refractivity contribution is 5.96. The maximum atomic E-state index is 13.9. The fraction of sp³-hybridized carbons (Fsp3) is 0.619. The number of amides is 1. The number of nitrogens with two attached hydrogens (primary N) is 1. The molecule has 0 spiro atoms. The maximum Gasteiger partial charge on any atom is 0.426 e. The van der Waals surface area contributed by atoms with Gasteiger partial charge in [0, 0.05) is 19.4 Å². The van der Waals surface area contributed by atoms with E-state index in [1.165, 1.54) is 6.92 Å². The molecule has 204 valence electrons. The maximum absolute atomic E-state index is 13.9. The third kappa shape index (κ3) is 4.70. The average molecular weight is 543 g/mol. The van der Waals surface area contributed by atoms with E-state index in [0.717, 1.165) is 4.90 Å². The van der Waals surface area contributed by atoms with Gasteiger partial charge in [-0.2, -0.15) is 26.3 Å². The number of anilines is 1. The number of nitrogens with zero attached hydrogens (tertiary/aromatic N) is 4. The molecule has 1 saturated carbocycles. The lowest BCUT2D eigenvalue weighted by Gasteiger charge is -2.52. The summed E-state index contributed by atoms with van der Waals surface area (Å²) in [7, 11) is 0. The van der Waals surface area contributed by atoms with Crippen LogP contribution in [0.2, 0.25) is 0 Å². The average Bonchev–Trinajstić information content (AvgIpc) is 3.22. The van der Waals surface area contributed by atoms with Crippen molar-refractivity contribution in [2.24, 2.45) is 0 Å². The van der Waals surface area contributed by atoms with E-state index < -0.39 is 89.0 Å². The number of alkyl halides is 8. The Balaban J connectivity index is 1.90. The zero-order valence-electron chi connectivity index (χ0n) is 19.2. The Morgan fingerprint density at radius 2 is 1.70 bits per heavy atom. The summed E-state index contributed by atoms with van der Waals surface area (Å²) in [6, 6.07) is 0.331. The van der Waals surface area contributed by atoms with Crippen molar-refractivity contribution in [1.29, 1.82) is 0 Å². The second kappa shape index (κ2) is 8.49. The highest BCUT2D eigenvalue weighted by Crippen LogP contribution is 2.50. The molecule has 4 rings (SSSR count). The Labute approximate surface area is 203 Å². The van der Waals surface area contributed by atoms with E-state index in [4.69, 9.17) is 10.2 Å². The Morgan fingerprint density at radius 1 is 1.05 bits per heavy atom. The largest absolute Gasteiger partial charge is 0.426 e. The summed E-state index contributed by atoms with van der Waals surface area (Å²) in [5.41, 5.74) is -3.73. The van der Waals surface area contributed by atoms with Gasteiger partial charge in [-0.1, -0.05) is 6.42 Å². The van der Waals surface area contributed by atoms with Crippen LogP contribution in [0.5, 0.6) is 0 Å². The molecule has 16 heteroatoms. The number of aliphatic hydroxyl groups is 1. The molecule has 2 aromatic rings. The Morgan fingerprint density at radius 3 is 2.27 bits per heavy atom. The number of nitrogen functional groups attached to an aromatic ring is 1. The number of carbonyl (C=O) groups excluding carboxylic acids is 1. The highest BCUT2D eigenvalue weighted by atomic mass is 19.4. The lowest BCUT2D eigenvalue weighted by molar-refractivity contribution is -0.277. The minimum atomic E-state index is -5.26. The van der Waals surface area contributed by atoms with Crippen LogP contribution in [-0.2, 0) is 11.8 Å². The number of fused-ring (bicyclic) bond motifs is 5. The Hall–Kier alpha value is -3.04. The fourth-order valence-electron chi connectivity index (χ4n) is 4.76. The first kappa shape index (κ1) is 27.0. The van der Waals surface area contributed by atoms with Crippen LogP contribution in [-0.4, -0.2) is 55.3 Å². The lowest BCUT2D eigenvalue weighted by atomic mass is 9.73. The van der Waals surface area contributed by atoms with Gasteiger partial charge in [0.1, 0.15) is 5.69 Å². The first-order valence-electron chi connectivity index (χ1n) is 11.1. The minimum absolute atomic E-state index is 0.0395. The summed E-state index contributed by atoms with van der Waals surface area (Å²) in [6.45, 7) is 0.941. The van der Waals surface area contributed by atoms with Gasteiger partial charge in [-0.05, 0) is 32.3 Å². The van der Waals surface area contributed by atoms with E-state index in [1.807, 2.05) is 0 Å². The lowest BCUT2D eigenvalue weighted by Crippen LogP contribution is -2.62. The van der Waals surface area contributed by atoms with Gasteiger partial charge in [0.25, 0.3) is 23.6 Å². The normalized spacial score (nSPS) is 24.4. The van der Waals surface area contributed by atoms with E-state index in [9.17, 15) is 45.0 Å². The van der Waals surface area contributed by atoms with Crippen LogP contribution in [0.3, 0.4) is 0 Å². The molecule has 2 aliphatic rings. The molecule has 37 heavy (non-hydrogen) atoms. The van der Waals surface area contributed by atoms with Crippen molar-refractivity contribution in [3.63, 3.8) is 0 Å². The predicted octanol–water partition coefficient (Wildman–Crippen LogP) is 4.69. The molecule has 8 nitrogen and oxygen atoms in total. The molecule has 0 aromatic carbocycles. The van der Waals surface area contributed by atoms with Crippen LogP contribution in [0.4, 0.5) is 40.8 Å². The van der Waals surface area contributed by atoms with E-state index in [0.29, 0.717) is 6.07 Å². The number of rotatable bonds is 1. The molecule has 0 radical (unpaired) electrons. The van der Waals surface area contributed by atoms with Crippen molar-refractivity contribution >= 4 is 11.6 Å². The molecule has 1 aliphatic carbocycles. The molecule has 1 fully saturated rings. The second-order valence-electron chi connectivity index (χ2n) is 9.56. The third-order valence-corrected chi connectivity index (χ3v) is 6.61. The fourth-order valence-corrected chi connectivity index (χ4v) is 4.76. The zero-order chi connectivity index (χ0) is 27.6. The highest BCUT2D eigenvalue weighted by Gasteiger charge is 2.60. The number of aromatic nitrogens is 3. The van der Waals surface area contributed by atoms with Crippen molar-refractivity contribution in [3.8, 4) is 11.6 Å². The van der Waals surface area contributed by atoms with Gasteiger partial charge in [0.15, 0.2) is 5.69 Å². The molecular formula is C21H21F8N5O3. The Bertz CT molecular complexity index is 1200. The van der Waals surface area contributed by atoms with Crippen LogP contribution in [0.25, 0.3) is 11.6 Å². The molecule has 3 N–H and O–H groups in total. The van der Waals surface area contributed by atoms with Gasteiger partial charge < -0.3 is 20.2 Å². The van der Waals surface area contributed by atoms with Crippen molar-refractivity contribution in [3.05, 3.63) is 23.2 Å². The second-order valence-corrected chi connectivity index (χ2v) is 9.56. The van der Waals surface area contributed by atoms with Crippen LogP contribution in [0.1, 0.15) is 67.4 Å². The number of carbonyl (C=O) groups is 1. The van der Waals surface area contributed by atoms with Crippen molar-refractivity contribution in [2.75, 3.05) is 12.3 Å². The van der Waals surface area contributed by atoms with Crippen molar-refractivity contribution in [2.45, 2.75) is 74.9 Å². The molecule has 1 amide bonds. The zero-order valence-corrected chi connectivity index (χ0v) is 19.2. The molecule has 1 aliphatic heterocycles. The van der Waals surface area contributed by atoms with Crippen molar-refractivity contribution in [1.82, 2.24) is 20.1 Å². The number of hydrogen-bond acceptors (Lipinski definition) is 7. The summed E-state index contributed by atoms with van der Waals surface area (Å²) >= 11 is 0. The quantitative estimate of drug-likeness (QED) is 0.501. The van der Waals surface area contributed by atoms with Crippen LogP contribution in [0.15, 0.2) is 10.5 Å². The smallest absolute Gasteiger partial charge is 0.416 e. The van der Waals surface area contributed by atoms with Crippen LogP contribution >= 0.6 is 0 Å². The molecule has 2 aromatic heterocycles. The number of hydrogen-bond donors (Lipinski definition) is 2. The van der Waals surface area contributed by atoms with E-state index in [2.05, 4.69) is 15.2 Å². The summed E-state index contributed by atoms with van der Waals surface area (Å²) in [5.74, 6) is -6.60. The van der Waals surface area contributed by atoms with Gasteiger partial charge in [-0.3, -0.25) is 4.79 Å². The molecule has 3 heterocycles. The van der Waals surface area contributed by atoms with E-state index in [-0.39, 0.29) is 25.8 Å². The minimum Gasteiger partial charge on any atom is -0.416 e. The first-order chi connectivity index (χ1) is 16.9. The van der Waals surface area contributed by atoms with Gasteiger partial charge in [0.2, 0.25) is 5.60 Å². The summed E-state index contributed by atoms with van der Waals surface area (Å²) in [5, 5.41) is 17.0. The predicted molar refractivity (Wildman–Crippen MR) is 109 cm³/mol. The van der Waals surface area contributed by atoms with Gasteiger partial charge >= 0.3 is 12.4 Å². The van der Waals surface area contributed by atoms with Crippen LogP contribution in [0, 0.1) is 0 Å². The van der Waals surface area contributed by atoms with Crippen LogP contribution < -0.4 is 5.73 Å². The molecule has 0 saturated heterocycles. The summed E-state index contributed by atoms with van der Waals surface area (Å²) < 4.78 is 115. The molecule has 0 unspecified atom stereocenters. The molecular weight excluding hydrogens is 522 g/mol. The van der Waals surface area contributed by atoms with E-state index >= 15 is 0 Å². The first-order valence-corrected chi connectivity index (χ1v) is 11.1. The SMILES string of the molecule is CC1(N2CCCCC[C@](O)(C(F)(F)F)c3nnc(o3)-c3nc(c(C(F)(F)F)cc3N)C2=O)CC(F)(F)C1. The summed E-state index contributed by atoms with van der Waals surface area (Å²) in [4.78, 5) is 17.9. The summed E-state index contributed by atoms with van der Waals surface area (Å²) in [6.07, 6.45) is -13.3. The molecule has 4 bridgehead atoms. The molecule has 1 atom stereocenters. The van der Waals surface area contributed by atoms with Gasteiger partial charge in [-0.15, -0.1) is 10.2 Å². The van der Waals surface area contributed by atoms with Gasteiger partial charge in [0.05, 0.1) is 16.8 Å². The number of halogens is 8. The van der Waals surface area contributed by atoms with Gasteiger partial charge in [-0.25, -0.2) is 13.8 Å². The van der Waals surface area contributed by atoms with Crippen molar-refractivity contribution < 1.29 is 49.4 Å². The Kier molecular flexibility index (Phi) is 6.20. The topological polar surface area (TPSA) is 118 Å². The number of pyridine rings is 1. The monoisotopic (exact) mass is 543 g/mol.